The molecule has 0 unspecified atom stereocenters. The molecule has 0 aliphatic heterocycles. The zero-order valence-corrected chi connectivity index (χ0v) is 67.2. The fourth-order valence-electron chi connectivity index (χ4n) is 10.5. The quantitative estimate of drug-likeness (QED) is 0.0270. The molecular weight excluding hydrogens is 1600 g/mol. The Labute approximate surface area is 677 Å². The number of esters is 4. The van der Waals surface area contributed by atoms with Crippen LogP contribution in [0, 0.1) is 55.7 Å². The Balaban J connectivity index is 0.000000270. The van der Waals surface area contributed by atoms with Crippen LogP contribution in [0.5, 0.6) is 16.6 Å². The van der Waals surface area contributed by atoms with Crippen LogP contribution in [0.3, 0.4) is 0 Å². The lowest BCUT2D eigenvalue weighted by molar-refractivity contribution is 0.0515. The van der Waals surface area contributed by atoms with Crippen molar-refractivity contribution in [2.24, 2.45) is 0 Å². The number of carbonyl (C=O) groups is 5. The van der Waals surface area contributed by atoms with Crippen LogP contribution in [0.2, 0.25) is 0 Å². The molecule has 1 aliphatic rings. The topological polar surface area (TPSA) is 217 Å². The molecule has 6 aromatic carbocycles. The normalized spacial score (nSPS) is 10.6. The fourth-order valence-corrected chi connectivity index (χ4v) is 15.4. The number of benzene rings is 6. The number of aryl methyl sites for hydroxylation is 4. The van der Waals surface area contributed by atoms with E-state index in [0.29, 0.717) is 45.1 Å². The van der Waals surface area contributed by atoms with Crippen LogP contribution in [-0.2, 0) is 36.5 Å². The van der Waals surface area contributed by atoms with E-state index in [1.165, 1.54) is 39.3 Å². The van der Waals surface area contributed by atoms with Crippen molar-refractivity contribution in [3.8, 4) is 16.6 Å². The van der Waals surface area contributed by atoms with Crippen molar-refractivity contribution in [2.75, 3.05) is 44.5 Å². The Hall–Kier alpha value is -7.54. The summed E-state index contributed by atoms with van der Waals surface area (Å²) in [7, 11) is 44.1. The lowest BCUT2D eigenvalue weighted by Gasteiger charge is -2.34. The zero-order chi connectivity index (χ0) is 81.5. The summed E-state index contributed by atoms with van der Waals surface area (Å²) in [5, 5.41) is 11.4. The van der Waals surface area contributed by atoms with Gasteiger partial charge in [-0.1, -0.05) is 133 Å². The maximum Gasteiger partial charge on any atom is 0.561 e. The summed E-state index contributed by atoms with van der Waals surface area (Å²) in [5.74, 6) is -6.95. The molecule has 0 atom stereocenters. The number of ether oxygens (including phenoxy) is 6. The summed E-state index contributed by atoms with van der Waals surface area (Å²) in [6.07, 6.45) is -0.528. The largest absolute Gasteiger partial charge is 0.561 e. The average molecular weight is 1660 g/mol. The van der Waals surface area contributed by atoms with Gasteiger partial charge in [0.1, 0.15) is 33.3 Å². The molecule has 16 radical (unpaired) electrons. The van der Waals surface area contributed by atoms with Crippen molar-refractivity contribution >= 4 is 248 Å². The van der Waals surface area contributed by atoms with Crippen molar-refractivity contribution in [1.29, 1.82) is 0 Å². The number of hydrogen-bond donors (Lipinski definition) is 3. The maximum absolute atomic E-state index is 14.0. The standard InChI is InChI=1S/C17H11BrF2O3S.C11H9FO2S.C11H15NO2S.C11H11NO2S.C9H12.C6H3BrF2O.C4H5NO2.B14/c1-2-22-16(21)14-10-5-3-4-6-13(10)24-17(14)23-15-11(19)7-9(18)8-12(15)20;3*1-2-14-11(13)9-7-5-3-4-6-8(7)15-10(9)12;1-7-4-8(2)6-9(3)5-7;7-3-1-4(8)6(10)5(9)2-3;1-3-7-4(6)5-2;1-9(2)13(10(3)4)14(11(5)6)12(7)8/h3-8H,2H2,1H3;3-6H,2H2,1H3;2-6,12H2,1H3;3-6H,2,12H2,1H3;4-6H,1-3H3;1-2,10H;3H2,1H3;. The Kier molecular flexibility index (Phi) is 40.4. The predicted molar refractivity (Wildman–Crippen MR) is 454 cm³/mol. The van der Waals surface area contributed by atoms with Crippen LogP contribution < -0.4 is 16.2 Å². The van der Waals surface area contributed by atoms with Crippen LogP contribution in [0.25, 0.3) is 35.1 Å². The second-order valence-electron chi connectivity index (χ2n) is 23.1. The molecule has 0 fully saturated rings. The molecule has 1 aliphatic carbocycles. The molecule has 10 aromatic rings. The van der Waals surface area contributed by atoms with Gasteiger partial charge in [-0.2, -0.15) is 9.24 Å². The van der Waals surface area contributed by atoms with Crippen LogP contribution >= 0.6 is 77.2 Å². The van der Waals surface area contributed by atoms with Gasteiger partial charge < -0.3 is 45.0 Å². The van der Waals surface area contributed by atoms with E-state index in [-0.39, 0.29) is 56.9 Å². The number of nitrogens with two attached hydrogens (primary N) is 2. The molecule has 0 bridgehead atoms. The molecule has 0 saturated carbocycles. The number of rotatable bonds is 16. The number of thiophene rings is 4. The molecule has 5 N–H and O–H groups in total. The van der Waals surface area contributed by atoms with Crippen molar-refractivity contribution in [2.45, 2.75) is 81.1 Å². The molecule has 1 amide bonds. The number of nitrogen functional groups attached to an aromatic ring is 2. The first-order chi connectivity index (χ1) is 51.6. The number of carbonyl (C=O) groups excluding carboxylic acids is 5. The predicted octanol–water partition coefficient (Wildman–Crippen LogP) is 14.9. The van der Waals surface area contributed by atoms with Crippen LogP contribution in [0.15, 0.2) is 124 Å². The third-order valence-corrected chi connectivity index (χ3v) is 20.0. The van der Waals surface area contributed by atoms with E-state index in [0.717, 1.165) is 91.3 Å². The molecule has 0 saturated heterocycles. The average Bonchev–Trinajstić information content (AvgIpc) is 1.69. The Morgan fingerprint density at radius 1 is 0.486 bits per heavy atom. The molecule has 40 heteroatoms. The van der Waals surface area contributed by atoms with Gasteiger partial charge in [-0.15, -0.1) is 34.0 Å². The summed E-state index contributed by atoms with van der Waals surface area (Å²) in [6, 6.07) is 32.6. The first-order valence-corrected chi connectivity index (χ1v) is 38.3. The van der Waals surface area contributed by atoms with Gasteiger partial charge in [-0.3, -0.25) is 4.79 Å². The number of phenolic OH excluding ortho intramolecular Hbond substituents is 1. The van der Waals surface area contributed by atoms with Gasteiger partial charge in [0.05, 0.1) is 38.6 Å². The van der Waals surface area contributed by atoms with Gasteiger partial charge in [0.2, 0.25) is 0 Å². The Bertz CT molecular complexity index is 4530. The number of amides is 1. The van der Waals surface area contributed by atoms with E-state index in [1.807, 2.05) is 37.3 Å². The summed E-state index contributed by atoms with van der Waals surface area (Å²) in [4.78, 5) is 60.7. The first kappa shape index (κ1) is 93.8. The third kappa shape index (κ3) is 28.3. The summed E-state index contributed by atoms with van der Waals surface area (Å²) >= 11 is 10.9. The number of anilines is 2. The molecule has 4 heterocycles. The highest BCUT2D eigenvalue weighted by molar-refractivity contribution is 9.10. The molecule has 11 rings (SSSR count). The fraction of sp³-hybridized carbons (Fsp3) is 0.246. The molecular formula is C69H66B14Br2F5N3O12S4. The number of hydrogen-bond acceptors (Lipinski definition) is 18. The molecule has 4 aromatic heterocycles. The molecule has 0 spiro atoms. The second-order valence-corrected chi connectivity index (χ2v) is 29.2. The van der Waals surface area contributed by atoms with Crippen molar-refractivity contribution in [3.63, 3.8) is 0 Å². The van der Waals surface area contributed by atoms with E-state index in [2.05, 4.69) is 80.4 Å². The van der Waals surface area contributed by atoms with Gasteiger partial charge in [-0.25, -0.2) is 36.7 Å². The Morgan fingerprint density at radius 2 is 0.835 bits per heavy atom. The number of halogens is 7. The minimum Gasteiger partial charge on any atom is -0.503 e. The highest BCUT2D eigenvalue weighted by atomic mass is 79.9. The van der Waals surface area contributed by atoms with E-state index >= 15 is 0 Å². The van der Waals surface area contributed by atoms with Crippen LogP contribution in [0.4, 0.5) is 36.7 Å². The number of aromatic hydroxyl groups is 1. The van der Waals surface area contributed by atoms with Crippen molar-refractivity contribution in [3.05, 3.63) is 213 Å². The Morgan fingerprint density at radius 3 is 1.25 bits per heavy atom. The van der Waals surface area contributed by atoms with Crippen LogP contribution in [0.1, 0.15) is 116 Å². The van der Waals surface area contributed by atoms with E-state index < -0.39 is 96.2 Å². The van der Waals surface area contributed by atoms with Gasteiger partial charge in [0.25, 0.3) is 0 Å². The second kappa shape index (κ2) is 47.0. The van der Waals surface area contributed by atoms with Crippen LogP contribution in [-0.4, -0.2) is 168 Å². The number of fused-ring (bicyclic) bond motifs is 4. The number of phenols is 1. The highest BCUT2D eigenvalue weighted by Crippen LogP contribution is 2.43. The SMILES string of the molecule is CCOC(=O)c1c(F)sc2ccccc12.CCOC(=O)c1c(N)sc2c1CCCC2.CCOC(=O)c1c(N)sc2ccccc12.CCOC(=O)c1c(Oc2c(F)cc(Br)cc2F)sc2ccccc12.Cc1cc(C)cc(C)c1.Oc1c(F)cc(Br)cc1F.[B]B([B])B(B([B])[B])B(B([B])[B])B([B])[B].[C-]#[N+]C(=O)OCC. The van der Waals surface area contributed by atoms with Gasteiger partial charge in [0.15, 0.2) is 45.0 Å². The molecule has 15 nitrogen and oxygen atoms in total. The van der Waals surface area contributed by atoms with Gasteiger partial charge in [0, 0.05) is 144 Å². The smallest absolute Gasteiger partial charge is 0.503 e. The van der Waals surface area contributed by atoms with Gasteiger partial charge in [-0.05, 0) is 129 Å². The van der Waals surface area contributed by atoms with E-state index in [9.17, 15) is 45.9 Å². The summed E-state index contributed by atoms with van der Waals surface area (Å²) in [6.45, 7) is 22.6. The molecule has 544 valence electrons. The summed E-state index contributed by atoms with van der Waals surface area (Å²) in [5.41, 5.74) is 18.2. The van der Waals surface area contributed by atoms with Crippen molar-refractivity contribution in [1.82, 2.24) is 0 Å². The lowest BCUT2D eigenvalue weighted by atomic mass is 8.47. The van der Waals surface area contributed by atoms with Gasteiger partial charge >= 0.3 is 30.0 Å². The minimum absolute atomic E-state index is 0.0532. The lowest BCUT2D eigenvalue weighted by Crippen LogP contribution is -2.72. The number of nitrogens with zero attached hydrogens (tertiary/aromatic N) is 1. The van der Waals surface area contributed by atoms with E-state index in [4.69, 9.17) is 109 Å². The van der Waals surface area contributed by atoms with Crippen molar-refractivity contribution < 1.29 is 79.5 Å². The highest BCUT2D eigenvalue weighted by Gasteiger charge is 2.36. The summed E-state index contributed by atoms with van der Waals surface area (Å²) < 4.78 is 98.7. The first-order valence-electron chi connectivity index (χ1n) is 33.4. The maximum atomic E-state index is 14.0. The monoisotopic (exact) mass is 1660 g/mol. The minimum atomic E-state index is -0.966. The van der Waals surface area contributed by atoms with E-state index in [1.54, 1.807) is 81.5 Å². The molecule has 109 heavy (non-hydrogen) atoms. The third-order valence-electron chi connectivity index (χ3n) is 14.9. The zero-order valence-electron chi connectivity index (χ0n) is 60.7.